The van der Waals surface area contributed by atoms with Crippen molar-refractivity contribution >= 4 is 40.5 Å². The average Bonchev–Trinajstić information content (AvgIpc) is 2.96. The van der Waals surface area contributed by atoms with E-state index in [2.05, 4.69) is 5.32 Å². The third-order valence-electron chi connectivity index (χ3n) is 3.65. The number of rotatable bonds is 4. The van der Waals surface area contributed by atoms with Crippen LogP contribution in [0.5, 0.6) is 0 Å². The molecule has 132 valence electrons. The summed E-state index contributed by atoms with van der Waals surface area (Å²) in [6.07, 6.45) is 0. The number of hydrogen-bond donors (Lipinski definition) is 1. The molecule has 1 aromatic heterocycles. The van der Waals surface area contributed by atoms with Crippen LogP contribution in [0.2, 0.25) is 10.0 Å². The molecule has 6 nitrogen and oxygen atoms in total. The number of anilines is 1. The van der Waals surface area contributed by atoms with Gasteiger partial charge in [-0.15, -0.1) is 0 Å². The lowest BCUT2D eigenvalue weighted by Gasteiger charge is -2.03. The number of benzene rings is 2. The van der Waals surface area contributed by atoms with E-state index in [1.165, 1.54) is 24.3 Å². The Bertz CT molecular complexity index is 977. The molecule has 0 saturated carbocycles. The van der Waals surface area contributed by atoms with Gasteiger partial charge in [-0.05, 0) is 43.3 Å². The maximum Gasteiger partial charge on any atom is 0.269 e. The van der Waals surface area contributed by atoms with Crippen molar-refractivity contribution < 1.29 is 14.1 Å². The van der Waals surface area contributed by atoms with Gasteiger partial charge in [0, 0.05) is 33.4 Å². The highest BCUT2D eigenvalue weighted by molar-refractivity contribution is 6.35. The predicted molar refractivity (Wildman–Crippen MR) is 100.0 cm³/mol. The number of hydrogen-bond acceptors (Lipinski definition) is 4. The third-order valence-corrected chi connectivity index (χ3v) is 4.08. The monoisotopic (exact) mass is 390 g/mol. The molecular weight excluding hydrogens is 379 g/mol. The molecular formula is C18H12Cl2N2O4. The first kappa shape index (κ1) is 18.0. The summed E-state index contributed by atoms with van der Waals surface area (Å²) in [7, 11) is 0. The molecule has 0 aliphatic heterocycles. The van der Waals surface area contributed by atoms with E-state index in [-0.39, 0.29) is 11.6 Å². The number of nitro groups is 1. The summed E-state index contributed by atoms with van der Waals surface area (Å²) in [5.74, 6) is 0.496. The lowest BCUT2D eigenvalue weighted by molar-refractivity contribution is -0.384. The van der Waals surface area contributed by atoms with Crippen LogP contribution in [0, 0.1) is 17.0 Å². The van der Waals surface area contributed by atoms with Crippen molar-refractivity contribution in [1.82, 2.24) is 0 Å². The van der Waals surface area contributed by atoms with Gasteiger partial charge in [0.25, 0.3) is 11.6 Å². The third kappa shape index (κ3) is 3.87. The van der Waals surface area contributed by atoms with E-state index in [1.54, 1.807) is 31.2 Å². The summed E-state index contributed by atoms with van der Waals surface area (Å²) in [5, 5.41) is 14.3. The van der Waals surface area contributed by atoms with Crippen LogP contribution in [-0.2, 0) is 0 Å². The number of furan rings is 1. The first-order valence-electron chi connectivity index (χ1n) is 7.46. The maximum absolute atomic E-state index is 12.5. The summed E-state index contributed by atoms with van der Waals surface area (Å²) in [6, 6.07) is 12.1. The molecule has 1 N–H and O–H groups in total. The smallest absolute Gasteiger partial charge is 0.269 e. The Hall–Kier alpha value is -2.83. The number of nitrogens with one attached hydrogen (secondary N) is 1. The zero-order chi connectivity index (χ0) is 18.8. The molecule has 0 unspecified atom stereocenters. The second kappa shape index (κ2) is 7.19. The first-order chi connectivity index (χ1) is 12.3. The fourth-order valence-corrected chi connectivity index (χ4v) is 2.94. The van der Waals surface area contributed by atoms with Crippen molar-refractivity contribution in [2.24, 2.45) is 0 Å². The fourth-order valence-electron chi connectivity index (χ4n) is 2.41. The number of nitro benzene ring substituents is 1. The number of non-ortho nitro benzene ring substituents is 1. The van der Waals surface area contributed by atoms with Gasteiger partial charge in [0.05, 0.1) is 10.5 Å². The van der Waals surface area contributed by atoms with Crippen LogP contribution in [0.15, 0.2) is 52.9 Å². The van der Waals surface area contributed by atoms with E-state index < -0.39 is 4.92 Å². The molecule has 0 spiro atoms. The van der Waals surface area contributed by atoms with E-state index in [1.807, 2.05) is 0 Å². The van der Waals surface area contributed by atoms with Crippen LogP contribution in [0.25, 0.3) is 11.3 Å². The van der Waals surface area contributed by atoms with Crippen LogP contribution in [0.3, 0.4) is 0 Å². The lowest BCUT2D eigenvalue weighted by Crippen LogP contribution is -2.12. The van der Waals surface area contributed by atoms with Gasteiger partial charge in [-0.25, -0.2) is 0 Å². The minimum atomic E-state index is -0.506. The maximum atomic E-state index is 12.5. The van der Waals surface area contributed by atoms with Crippen LogP contribution in [0.4, 0.5) is 11.4 Å². The number of halogens is 2. The molecule has 3 rings (SSSR count). The number of amides is 1. The summed E-state index contributed by atoms with van der Waals surface area (Å²) in [5.41, 5.74) is 1.38. The van der Waals surface area contributed by atoms with Gasteiger partial charge in [-0.1, -0.05) is 23.2 Å². The van der Waals surface area contributed by atoms with Crippen LogP contribution in [0.1, 0.15) is 16.1 Å². The molecule has 0 atom stereocenters. The summed E-state index contributed by atoms with van der Waals surface area (Å²) in [6.45, 7) is 1.67. The normalized spacial score (nSPS) is 10.6. The fraction of sp³-hybridized carbons (Fsp3) is 0.0556. The minimum Gasteiger partial charge on any atom is -0.461 e. The second-order valence-electron chi connectivity index (χ2n) is 5.50. The SMILES string of the molecule is Cc1oc(-c2cc(Cl)cc(Cl)c2)cc1C(=O)Nc1ccc([N+](=O)[O-])cc1. The molecule has 0 radical (unpaired) electrons. The molecule has 2 aromatic carbocycles. The summed E-state index contributed by atoms with van der Waals surface area (Å²) >= 11 is 12.0. The quantitative estimate of drug-likeness (QED) is 0.455. The molecule has 0 fully saturated rings. The Balaban J connectivity index is 1.84. The topological polar surface area (TPSA) is 85.4 Å². The van der Waals surface area contributed by atoms with Gasteiger partial charge in [0.2, 0.25) is 0 Å². The van der Waals surface area contributed by atoms with Crippen LogP contribution in [-0.4, -0.2) is 10.8 Å². The standard InChI is InChI=1S/C18H12Cl2N2O4/c1-10-16(9-17(26-10)11-6-12(19)8-13(20)7-11)18(23)21-14-2-4-15(5-3-14)22(24)25/h2-9H,1H3,(H,21,23). The molecule has 0 aliphatic carbocycles. The zero-order valence-corrected chi connectivity index (χ0v) is 15.0. The number of aryl methyl sites for hydroxylation is 1. The van der Waals surface area contributed by atoms with E-state index >= 15 is 0 Å². The Kier molecular flexibility index (Phi) is 4.97. The number of carbonyl (C=O) groups excluding carboxylic acids is 1. The Morgan fingerprint density at radius 3 is 2.27 bits per heavy atom. The average molecular weight is 391 g/mol. The Labute approximate surface area is 158 Å². The van der Waals surface area contributed by atoms with E-state index in [4.69, 9.17) is 27.6 Å². The van der Waals surface area contributed by atoms with Gasteiger partial charge in [-0.2, -0.15) is 0 Å². The van der Waals surface area contributed by atoms with Gasteiger partial charge < -0.3 is 9.73 Å². The van der Waals surface area contributed by atoms with Crippen molar-refractivity contribution in [3.63, 3.8) is 0 Å². The van der Waals surface area contributed by atoms with Crippen molar-refractivity contribution in [2.45, 2.75) is 6.92 Å². The summed E-state index contributed by atoms with van der Waals surface area (Å²) < 4.78 is 5.65. The predicted octanol–water partition coefficient (Wildman–Crippen LogP) is 5.72. The molecule has 0 saturated heterocycles. The minimum absolute atomic E-state index is 0.0531. The van der Waals surface area contributed by atoms with Gasteiger partial charge in [-0.3, -0.25) is 14.9 Å². The van der Waals surface area contributed by atoms with Crippen molar-refractivity contribution in [3.8, 4) is 11.3 Å². The zero-order valence-electron chi connectivity index (χ0n) is 13.5. The molecule has 0 bridgehead atoms. The molecule has 3 aromatic rings. The largest absolute Gasteiger partial charge is 0.461 e. The molecule has 0 aliphatic rings. The molecule has 26 heavy (non-hydrogen) atoms. The number of carbonyl (C=O) groups is 1. The Morgan fingerprint density at radius 1 is 1.08 bits per heavy atom. The first-order valence-corrected chi connectivity index (χ1v) is 8.22. The van der Waals surface area contributed by atoms with Crippen molar-refractivity contribution in [2.75, 3.05) is 5.32 Å². The Morgan fingerprint density at radius 2 is 1.69 bits per heavy atom. The highest BCUT2D eigenvalue weighted by Gasteiger charge is 2.17. The van der Waals surface area contributed by atoms with Crippen LogP contribution >= 0.6 is 23.2 Å². The van der Waals surface area contributed by atoms with Gasteiger partial charge >= 0.3 is 0 Å². The van der Waals surface area contributed by atoms with Crippen molar-refractivity contribution in [1.29, 1.82) is 0 Å². The van der Waals surface area contributed by atoms with E-state index in [9.17, 15) is 14.9 Å². The lowest BCUT2D eigenvalue weighted by atomic mass is 10.1. The molecule has 8 heteroatoms. The van der Waals surface area contributed by atoms with Gasteiger partial charge in [0.1, 0.15) is 11.5 Å². The van der Waals surface area contributed by atoms with E-state index in [0.29, 0.717) is 38.4 Å². The molecule has 1 heterocycles. The van der Waals surface area contributed by atoms with Gasteiger partial charge in [0.15, 0.2) is 0 Å². The summed E-state index contributed by atoms with van der Waals surface area (Å²) in [4.78, 5) is 22.6. The van der Waals surface area contributed by atoms with Crippen molar-refractivity contribution in [3.05, 3.63) is 80.0 Å². The second-order valence-corrected chi connectivity index (χ2v) is 6.37. The van der Waals surface area contributed by atoms with E-state index in [0.717, 1.165) is 0 Å². The number of nitrogens with zero attached hydrogens (tertiary/aromatic N) is 1. The van der Waals surface area contributed by atoms with Crippen LogP contribution < -0.4 is 5.32 Å². The highest BCUT2D eigenvalue weighted by atomic mass is 35.5. The highest BCUT2D eigenvalue weighted by Crippen LogP contribution is 2.30. The molecule has 1 amide bonds.